The maximum Gasteiger partial charge on any atom is 0.405 e. The van der Waals surface area contributed by atoms with Crippen molar-refractivity contribution >= 4 is 17.7 Å². The number of primary amides is 1. The molecule has 1 aliphatic rings. The number of piperazine rings is 1. The molecular weight excluding hydrogens is 370 g/mol. The molecule has 0 bridgehead atoms. The summed E-state index contributed by atoms with van der Waals surface area (Å²) in [6.45, 7) is 5.86. The van der Waals surface area contributed by atoms with Crippen molar-refractivity contribution in [1.29, 1.82) is 0 Å². The summed E-state index contributed by atoms with van der Waals surface area (Å²) in [6.07, 6.45) is -0.384. The first-order valence-electron chi connectivity index (χ1n) is 9.78. The van der Waals surface area contributed by atoms with Crippen LogP contribution in [0.3, 0.4) is 0 Å². The van der Waals surface area contributed by atoms with Gasteiger partial charge in [-0.1, -0.05) is 30.3 Å². The first-order chi connectivity index (χ1) is 14.0. The highest BCUT2D eigenvalue weighted by Gasteiger charge is 2.20. The van der Waals surface area contributed by atoms with Crippen LogP contribution < -0.4 is 15.4 Å². The lowest BCUT2D eigenvalue weighted by Crippen LogP contribution is -2.46. The lowest BCUT2D eigenvalue weighted by molar-refractivity contribution is -0.131. The van der Waals surface area contributed by atoms with E-state index in [1.165, 1.54) is 6.92 Å². The number of carbonyl (C=O) groups excluding carboxylic acids is 2. The fourth-order valence-corrected chi connectivity index (χ4v) is 3.52. The van der Waals surface area contributed by atoms with E-state index < -0.39 is 6.09 Å². The average molecular weight is 397 g/mol. The SMILES string of the molecule is CC(=O)Oc1ccc(N2CCN(CCC(OC(N)=O)c3ccccc3)CC2)cc1. The summed E-state index contributed by atoms with van der Waals surface area (Å²) >= 11 is 0. The zero-order chi connectivity index (χ0) is 20.6. The van der Waals surface area contributed by atoms with Crippen molar-refractivity contribution < 1.29 is 19.1 Å². The number of esters is 1. The monoisotopic (exact) mass is 397 g/mol. The average Bonchev–Trinajstić information content (AvgIpc) is 2.72. The van der Waals surface area contributed by atoms with E-state index in [9.17, 15) is 9.59 Å². The molecule has 0 radical (unpaired) electrons. The van der Waals surface area contributed by atoms with Crippen molar-refractivity contribution in [1.82, 2.24) is 4.90 Å². The van der Waals surface area contributed by atoms with Gasteiger partial charge in [0.15, 0.2) is 0 Å². The molecule has 1 atom stereocenters. The van der Waals surface area contributed by atoms with E-state index >= 15 is 0 Å². The Morgan fingerprint density at radius 1 is 1.00 bits per heavy atom. The highest BCUT2D eigenvalue weighted by atomic mass is 16.6. The molecule has 2 aromatic rings. The molecule has 1 fully saturated rings. The molecule has 154 valence electrons. The van der Waals surface area contributed by atoms with Gasteiger partial charge in [-0.2, -0.15) is 0 Å². The first-order valence-corrected chi connectivity index (χ1v) is 9.78. The fraction of sp³-hybridized carbons (Fsp3) is 0.364. The largest absolute Gasteiger partial charge is 0.441 e. The lowest BCUT2D eigenvalue weighted by atomic mass is 10.1. The van der Waals surface area contributed by atoms with Crippen molar-refractivity contribution in [3.63, 3.8) is 0 Å². The summed E-state index contributed by atoms with van der Waals surface area (Å²) in [5, 5.41) is 0. The molecule has 3 rings (SSSR count). The van der Waals surface area contributed by atoms with E-state index in [2.05, 4.69) is 9.80 Å². The standard InChI is InChI=1S/C22H27N3O4/c1-17(26)28-20-9-7-19(8-10-20)25-15-13-24(14-16-25)12-11-21(29-22(23)27)18-5-3-2-4-6-18/h2-10,21H,11-16H2,1H3,(H2,23,27). The smallest absolute Gasteiger partial charge is 0.405 e. The van der Waals surface area contributed by atoms with Crippen LogP contribution in [0.15, 0.2) is 54.6 Å². The van der Waals surface area contributed by atoms with Crippen molar-refractivity contribution in [3.05, 3.63) is 60.2 Å². The van der Waals surface area contributed by atoms with E-state index in [0.717, 1.165) is 44.0 Å². The van der Waals surface area contributed by atoms with Crippen LogP contribution in [0, 0.1) is 0 Å². The lowest BCUT2D eigenvalue weighted by Gasteiger charge is -2.36. The molecule has 2 aromatic carbocycles. The van der Waals surface area contributed by atoms with Crippen LogP contribution in [0.2, 0.25) is 0 Å². The van der Waals surface area contributed by atoms with Gasteiger partial charge < -0.3 is 20.1 Å². The molecule has 29 heavy (non-hydrogen) atoms. The van der Waals surface area contributed by atoms with Crippen LogP contribution in [-0.4, -0.2) is 49.7 Å². The normalized spacial score (nSPS) is 15.6. The number of anilines is 1. The van der Waals surface area contributed by atoms with Crippen LogP contribution >= 0.6 is 0 Å². The topological polar surface area (TPSA) is 85.1 Å². The van der Waals surface area contributed by atoms with Crippen molar-refractivity contribution in [2.24, 2.45) is 5.73 Å². The molecule has 1 saturated heterocycles. The van der Waals surface area contributed by atoms with Gasteiger partial charge >= 0.3 is 12.1 Å². The molecule has 1 unspecified atom stereocenters. The van der Waals surface area contributed by atoms with Gasteiger partial charge in [0.2, 0.25) is 0 Å². The molecule has 7 nitrogen and oxygen atoms in total. The molecule has 0 saturated carbocycles. The molecule has 1 aliphatic heterocycles. The summed E-state index contributed by atoms with van der Waals surface area (Å²) in [5.41, 5.74) is 7.32. The Bertz CT molecular complexity index is 803. The van der Waals surface area contributed by atoms with E-state index in [1.54, 1.807) is 0 Å². The molecular formula is C22H27N3O4. The summed E-state index contributed by atoms with van der Waals surface area (Å²) in [4.78, 5) is 27.0. The maximum absolute atomic E-state index is 11.3. The predicted octanol–water partition coefficient (Wildman–Crippen LogP) is 2.96. The predicted molar refractivity (Wildman–Crippen MR) is 111 cm³/mol. The molecule has 1 heterocycles. The Balaban J connectivity index is 1.50. The van der Waals surface area contributed by atoms with Crippen molar-refractivity contribution in [2.75, 3.05) is 37.6 Å². The highest BCUT2D eigenvalue weighted by Crippen LogP contribution is 2.23. The molecule has 7 heteroatoms. The minimum absolute atomic E-state index is 0.319. The summed E-state index contributed by atoms with van der Waals surface area (Å²) in [6, 6.07) is 17.3. The van der Waals surface area contributed by atoms with Gasteiger partial charge in [0.1, 0.15) is 11.9 Å². The van der Waals surface area contributed by atoms with E-state index in [-0.39, 0.29) is 12.1 Å². The summed E-state index contributed by atoms with van der Waals surface area (Å²) in [7, 11) is 0. The van der Waals surface area contributed by atoms with Gasteiger partial charge in [-0.05, 0) is 29.8 Å². The Kier molecular flexibility index (Phi) is 7.08. The van der Waals surface area contributed by atoms with Gasteiger partial charge in [-0.25, -0.2) is 4.79 Å². The highest BCUT2D eigenvalue weighted by molar-refractivity contribution is 5.69. The van der Waals surface area contributed by atoms with Crippen LogP contribution in [0.25, 0.3) is 0 Å². The minimum atomic E-state index is -0.749. The number of hydrogen-bond acceptors (Lipinski definition) is 6. The molecule has 0 spiro atoms. The van der Waals surface area contributed by atoms with Crippen LogP contribution in [-0.2, 0) is 9.53 Å². The third-order valence-electron chi connectivity index (χ3n) is 4.97. The molecule has 1 amide bonds. The number of rotatable bonds is 7. The number of nitrogens with two attached hydrogens (primary N) is 1. The quantitative estimate of drug-likeness (QED) is 0.571. The zero-order valence-corrected chi connectivity index (χ0v) is 16.6. The zero-order valence-electron chi connectivity index (χ0n) is 16.6. The van der Waals surface area contributed by atoms with E-state index in [0.29, 0.717) is 12.2 Å². The second-order valence-electron chi connectivity index (χ2n) is 7.04. The van der Waals surface area contributed by atoms with Gasteiger partial charge in [-0.3, -0.25) is 9.69 Å². The van der Waals surface area contributed by atoms with E-state index in [1.807, 2.05) is 54.6 Å². The van der Waals surface area contributed by atoms with Crippen LogP contribution in [0.4, 0.5) is 10.5 Å². The first kappa shape index (κ1) is 20.7. The number of ether oxygens (including phenoxy) is 2. The van der Waals surface area contributed by atoms with Crippen molar-refractivity contribution in [3.8, 4) is 5.75 Å². The Morgan fingerprint density at radius 2 is 1.66 bits per heavy atom. The Labute approximate surface area is 171 Å². The number of benzene rings is 2. The molecule has 0 aliphatic carbocycles. The van der Waals surface area contributed by atoms with Gasteiger partial charge in [-0.15, -0.1) is 0 Å². The third kappa shape index (κ3) is 6.22. The second-order valence-corrected chi connectivity index (χ2v) is 7.04. The van der Waals surface area contributed by atoms with Gasteiger partial charge in [0, 0.05) is 51.8 Å². The Morgan fingerprint density at radius 3 is 2.24 bits per heavy atom. The van der Waals surface area contributed by atoms with Crippen LogP contribution in [0.1, 0.15) is 25.0 Å². The third-order valence-corrected chi connectivity index (χ3v) is 4.97. The number of nitrogens with zero attached hydrogens (tertiary/aromatic N) is 2. The number of carbonyl (C=O) groups is 2. The maximum atomic E-state index is 11.3. The number of hydrogen-bond donors (Lipinski definition) is 1. The molecule has 0 aromatic heterocycles. The van der Waals surface area contributed by atoms with Crippen molar-refractivity contribution in [2.45, 2.75) is 19.4 Å². The summed E-state index contributed by atoms with van der Waals surface area (Å²) in [5.74, 6) is 0.238. The van der Waals surface area contributed by atoms with E-state index in [4.69, 9.17) is 15.2 Å². The summed E-state index contributed by atoms with van der Waals surface area (Å²) < 4.78 is 10.4. The minimum Gasteiger partial charge on any atom is -0.441 e. The fourth-order valence-electron chi connectivity index (χ4n) is 3.52. The van der Waals surface area contributed by atoms with Gasteiger partial charge in [0.25, 0.3) is 0 Å². The van der Waals surface area contributed by atoms with Crippen LogP contribution in [0.5, 0.6) is 5.75 Å². The second kappa shape index (κ2) is 9.93. The Hall–Kier alpha value is -3.06. The number of amides is 1. The van der Waals surface area contributed by atoms with Gasteiger partial charge in [0.05, 0.1) is 0 Å². The molecule has 2 N–H and O–H groups in total.